The summed E-state index contributed by atoms with van der Waals surface area (Å²) < 4.78 is 5.35. The zero-order chi connectivity index (χ0) is 20.6. The Balaban J connectivity index is 1.47. The van der Waals surface area contributed by atoms with E-state index in [1.54, 1.807) is 48.5 Å². The van der Waals surface area contributed by atoms with E-state index in [0.29, 0.717) is 23.5 Å². The fraction of sp³-hybridized carbons (Fsp3) is 0.286. The first kappa shape index (κ1) is 20.2. The van der Waals surface area contributed by atoms with E-state index in [4.69, 9.17) is 4.74 Å². The second-order valence-corrected chi connectivity index (χ2v) is 6.64. The van der Waals surface area contributed by atoms with Gasteiger partial charge in [0, 0.05) is 23.0 Å². The maximum absolute atomic E-state index is 12.3. The third-order valence-electron chi connectivity index (χ3n) is 4.15. The van der Waals surface area contributed by atoms with Gasteiger partial charge in [-0.15, -0.1) is 0 Å². The minimum absolute atomic E-state index is 0.175. The van der Waals surface area contributed by atoms with Gasteiger partial charge in [-0.3, -0.25) is 9.59 Å². The molecule has 0 heterocycles. The van der Waals surface area contributed by atoms with Crippen LogP contribution in [-0.4, -0.2) is 37.0 Å². The molecular weight excluding hydrogens is 372 g/mol. The monoisotopic (exact) mass is 396 g/mol. The fourth-order valence-corrected chi connectivity index (χ4v) is 2.59. The Hall–Kier alpha value is -3.55. The van der Waals surface area contributed by atoms with Crippen molar-refractivity contribution in [3.63, 3.8) is 0 Å². The molecule has 0 bridgehead atoms. The smallest absolute Gasteiger partial charge is 0.319 e. The topological polar surface area (TPSA) is 109 Å². The Morgan fingerprint density at radius 3 is 2.45 bits per heavy atom. The Labute approximate surface area is 169 Å². The first-order chi connectivity index (χ1) is 14.0. The molecule has 1 saturated carbocycles. The SMILES string of the molecule is CCOc1ccc(NC(=O)CNC(=O)c2cccc(NC(=O)NC3CC3)c2)cc1. The average molecular weight is 396 g/mol. The van der Waals surface area contributed by atoms with Gasteiger partial charge in [0.1, 0.15) is 5.75 Å². The van der Waals surface area contributed by atoms with E-state index >= 15 is 0 Å². The summed E-state index contributed by atoms with van der Waals surface area (Å²) in [5.41, 5.74) is 1.47. The van der Waals surface area contributed by atoms with Crippen LogP contribution < -0.4 is 26.0 Å². The number of carbonyl (C=O) groups is 3. The molecule has 1 aliphatic rings. The van der Waals surface area contributed by atoms with Crippen LogP contribution in [0.15, 0.2) is 48.5 Å². The molecule has 152 valence electrons. The molecule has 0 aromatic heterocycles. The molecule has 1 fully saturated rings. The van der Waals surface area contributed by atoms with Gasteiger partial charge in [-0.2, -0.15) is 0 Å². The number of rotatable bonds is 8. The van der Waals surface area contributed by atoms with Gasteiger partial charge in [0.25, 0.3) is 5.91 Å². The van der Waals surface area contributed by atoms with Crippen LogP contribution in [0.2, 0.25) is 0 Å². The number of anilines is 2. The highest BCUT2D eigenvalue weighted by molar-refractivity contribution is 6.00. The number of benzene rings is 2. The lowest BCUT2D eigenvalue weighted by Crippen LogP contribution is -2.33. The Bertz CT molecular complexity index is 879. The fourth-order valence-electron chi connectivity index (χ4n) is 2.59. The van der Waals surface area contributed by atoms with Gasteiger partial charge in [-0.1, -0.05) is 6.07 Å². The lowest BCUT2D eigenvalue weighted by atomic mass is 10.2. The molecule has 8 heteroatoms. The number of ether oxygens (including phenoxy) is 1. The van der Waals surface area contributed by atoms with Crippen molar-refractivity contribution >= 4 is 29.2 Å². The summed E-state index contributed by atoms with van der Waals surface area (Å²) in [4.78, 5) is 36.2. The summed E-state index contributed by atoms with van der Waals surface area (Å²) >= 11 is 0. The van der Waals surface area contributed by atoms with Crippen LogP contribution in [-0.2, 0) is 4.79 Å². The van der Waals surface area contributed by atoms with Crippen LogP contribution in [0.25, 0.3) is 0 Å². The van der Waals surface area contributed by atoms with E-state index < -0.39 is 5.91 Å². The first-order valence-corrected chi connectivity index (χ1v) is 9.52. The van der Waals surface area contributed by atoms with Gasteiger partial charge in [0.15, 0.2) is 0 Å². The number of hydrogen-bond acceptors (Lipinski definition) is 4. The summed E-state index contributed by atoms with van der Waals surface area (Å²) in [5, 5.41) is 10.8. The Kier molecular flexibility index (Phi) is 6.67. The summed E-state index contributed by atoms with van der Waals surface area (Å²) in [6.07, 6.45) is 1.99. The van der Waals surface area contributed by atoms with Gasteiger partial charge < -0.3 is 26.0 Å². The number of carbonyl (C=O) groups excluding carboxylic acids is 3. The number of hydrogen-bond donors (Lipinski definition) is 4. The molecule has 0 spiro atoms. The van der Waals surface area contributed by atoms with Crippen molar-refractivity contribution in [1.82, 2.24) is 10.6 Å². The Morgan fingerprint density at radius 1 is 1.00 bits per heavy atom. The summed E-state index contributed by atoms with van der Waals surface area (Å²) in [7, 11) is 0. The van der Waals surface area contributed by atoms with E-state index in [1.165, 1.54) is 0 Å². The molecule has 2 aromatic rings. The van der Waals surface area contributed by atoms with Crippen LogP contribution in [0.1, 0.15) is 30.1 Å². The summed E-state index contributed by atoms with van der Waals surface area (Å²) in [5.74, 6) is -0.0307. The molecule has 2 aromatic carbocycles. The van der Waals surface area contributed by atoms with E-state index in [1.807, 2.05) is 6.92 Å². The van der Waals surface area contributed by atoms with Gasteiger partial charge in [0.2, 0.25) is 5.91 Å². The van der Waals surface area contributed by atoms with E-state index in [9.17, 15) is 14.4 Å². The predicted molar refractivity (Wildman–Crippen MR) is 110 cm³/mol. The number of nitrogens with one attached hydrogen (secondary N) is 4. The van der Waals surface area contributed by atoms with Crippen LogP contribution in [0, 0.1) is 0 Å². The normalized spacial score (nSPS) is 12.6. The van der Waals surface area contributed by atoms with Crippen molar-refractivity contribution in [2.45, 2.75) is 25.8 Å². The second kappa shape index (κ2) is 9.59. The zero-order valence-electron chi connectivity index (χ0n) is 16.2. The zero-order valence-corrected chi connectivity index (χ0v) is 16.2. The van der Waals surface area contributed by atoms with E-state index in [2.05, 4.69) is 21.3 Å². The van der Waals surface area contributed by atoms with Crippen LogP contribution in [0.3, 0.4) is 0 Å². The lowest BCUT2D eigenvalue weighted by Gasteiger charge is -2.10. The molecule has 8 nitrogen and oxygen atoms in total. The molecule has 4 N–H and O–H groups in total. The summed E-state index contributed by atoms with van der Waals surface area (Å²) in [6.45, 7) is 2.29. The van der Waals surface area contributed by atoms with Crippen molar-refractivity contribution in [3.05, 3.63) is 54.1 Å². The second-order valence-electron chi connectivity index (χ2n) is 6.64. The molecule has 0 radical (unpaired) electrons. The first-order valence-electron chi connectivity index (χ1n) is 9.52. The molecule has 29 heavy (non-hydrogen) atoms. The average Bonchev–Trinajstić information content (AvgIpc) is 3.52. The molecule has 3 rings (SSSR count). The van der Waals surface area contributed by atoms with Crippen molar-refractivity contribution in [3.8, 4) is 5.75 Å². The molecule has 0 atom stereocenters. The van der Waals surface area contributed by atoms with Crippen molar-refractivity contribution in [2.75, 3.05) is 23.8 Å². The highest BCUT2D eigenvalue weighted by atomic mass is 16.5. The minimum atomic E-state index is -0.405. The van der Waals surface area contributed by atoms with Crippen LogP contribution >= 0.6 is 0 Å². The third-order valence-corrected chi connectivity index (χ3v) is 4.15. The lowest BCUT2D eigenvalue weighted by molar-refractivity contribution is -0.115. The third kappa shape index (κ3) is 6.53. The van der Waals surface area contributed by atoms with Gasteiger partial charge in [-0.25, -0.2) is 4.79 Å². The van der Waals surface area contributed by atoms with E-state index in [-0.39, 0.29) is 24.5 Å². The molecule has 1 aliphatic carbocycles. The van der Waals surface area contributed by atoms with Crippen LogP contribution in [0.5, 0.6) is 5.75 Å². The highest BCUT2D eigenvalue weighted by Gasteiger charge is 2.23. The highest BCUT2D eigenvalue weighted by Crippen LogP contribution is 2.19. The van der Waals surface area contributed by atoms with Crippen molar-refractivity contribution < 1.29 is 19.1 Å². The molecular formula is C21H24N4O4. The maximum Gasteiger partial charge on any atom is 0.319 e. The number of amides is 4. The summed E-state index contributed by atoms with van der Waals surface area (Å²) in [6, 6.07) is 13.5. The standard InChI is InChI=1S/C21H24N4O4/c1-2-29-18-10-8-15(9-11-18)23-19(26)13-22-20(27)14-4-3-5-17(12-14)25-21(28)24-16-6-7-16/h3-5,8-12,16H,2,6-7,13H2,1H3,(H,22,27)(H,23,26)(H2,24,25,28). The Morgan fingerprint density at radius 2 is 1.76 bits per heavy atom. The molecule has 0 aliphatic heterocycles. The molecule has 0 unspecified atom stereocenters. The van der Waals surface area contributed by atoms with Crippen molar-refractivity contribution in [2.24, 2.45) is 0 Å². The predicted octanol–water partition coefficient (Wildman–Crippen LogP) is 2.74. The van der Waals surface area contributed by atoms with Gasteiger partial charge in [-0.05, 0) is 62.2 Å². The molecule has 4 amide bonds. The molecule has 0 saturated heterocycles. The largest absolute Gasteiger partial charge is 0.494 e. The van der Waals surface area contributed by atoms with E-state index in [0.717, 1.165) is 18.6 Å². The van der Waals surface area contributed by atoms with Crippen molar-refractivity contribution in [1.29, 1.82) is 0 Å². The van der Waals surface area contributed by atoms with Gasteiger partial charge in [0.05, 0.1) is 13.2 Å². The number of urea groups is 1. The minimum Gasteiger partial charge on any atom is -0.494 e. The van der Waals surface area contributed by atoms with Gasteiger partial charge >= 0.3 is 6.03 Å². The van der Waals surface area contributed by atoms with Crippen LogP contribution in [0.4, 0.5) is 16.2 Å². The maximum atomic E-state index is 12.3. The quantitative estimate of drug-likeness (QED) is 0.550.